The van der Waals surface area contributed by atoms with E-state index in [1.165, 1.54) is 4.90 Å². The van der Waals surface area contributed by atoms with Crippen molar-refractivity contribution in [3.8, 4) is 0 Å². The fourth-order valence-electron chi connectivity index (χ4n) is 1.64. The summed E-state index contributed by atoms with van der Waals surface area (Å²) >= 11 is 0. The molecule has 2 amide bonds. The minimum absolute atomic E-state index is 0.148. The quantitative estimate of drug-likeness (QED) is 0.548. The van der Waals surface area contributed by atoms with Gasteiger partial charge in [-0.1, -0.05) is 12.1 Å². The second kappa shape index (κ2) is 5.24. The van der Waals surface area contributed by atoms with Gasteiger partial charge in [0.2, 0.25) is 0 Å². The first-order valence-corrected chi connectivity index (χ1v) is 5.14. The Hall–Kier alpha value is -1.47. The van der Waals surface area contributed by atoms with E-state index in [1.807, 2.05) is 0 Å². The maximum absolute atomic E-state index is 11.9. The van der Waals surface area contributed by atoms with Crippen LogP contribution in [0, 0.1) is 5.92 Å². The molecule has 1 atom stereocenters. The highest BCUT2D eigenvalue weighted by Crippen LogP contribution is 2.15. The van der Waals surface area contributed by atoms with Crippen molar-refractivity contribution in [2.45, 2.75) is 19.5 Å². The topological polar surface area (TPSA) is 64.9 Å². The van der Waals surface area contributed by atoms with Gasteiger partial charge >= 0.3 is 12.2 Å². The third-order valence-corrected chi connectivity index (χ3v) is 2.56. The first-order valence-electron chi connectivity index (χ1n) is 5.14. The van der Waals surface area contributed by atoms with Crippen molar-refractivity contribution in [1.29, 1.82) is 0 Å². The molecule has 0 aromatic carbocycles. The van der Waals surface area contributed by atoms with E-state index in [0.29, 0.717) is 12.1 Å². The van der Waals surface area contributed by atoms with Gasteiger partial charge < -0.3 is 15.4 Å². The van der Waals surface area contributed by atoms with Gasteiger partial charge in [0, 0.05) is 25.4 Å². The molecule has 0 spiro atoms. The first kappa shape index (κ1) is 13.6. The van der Waals surface area contributed by atoms with E-state index < -0.39 is 18.8 Å². The molecular weight excluding hydrogens is 239 g/mol. The zero-order chi connectivity index (χ0) is 13.1. The minimum atomic E-state index is -4.41. The Morgan fingerprint density at radius 1 is 1.65 bits per heavy atom. The maximum atomic E-state index is 11.9. The second-order valence-corrected chi connectivity index (χ2v) is 3.96. The lowest BCUT2D eigenvalue weighted by atomic mass is 9.98. The summed E-state index contributed by atoms with van der Waals surface area (Å²) in [6.45, 7) is 0.923. The number of nitrogens with zero attached hydrogens (tertiary/aromatic N) is 2. The highest BCUT2D eigenvalue weighted by Gasteiger charge is 2.30. The van der Waals surface area contributed by atoms with E-state index in [4.69, 9.17) is 5.21 Å². The number of alkyl halides is 3. The van der Waals surface area contributed by atoms with Gasteiger partial charge in [0.1, 0.15) is 6.54 Å². The van der Waals surface area contributed by atoms with Crippen LogP contribution in [0.3, 0.4) is 0 Å². The van der Waals surface area contributed by atoms with Crippen LogP contribution in [-0.4, -0.2) is 47.7 Å². The van der Waals surface area contributed by atoms with Crippen LogP contribution in [0.25, 0.3) is 0 Å². The summed E-state index contributed by atoms with van der Waals surface area (Å²) in [5.41, 5.74) is 0.560. The molecule has 1 rings (SSSR count). The van der Waals surface area contributed by atoms with Crippen molar-refractivity contribution < 1.29 is 23.2 Å². The number of nitrogens with one attached hydrogen (secondary N) is 1. The van der Waals surface area contributed by atoms with Gasteiger partial charge in [0.25, 0.3) is 0 Å². The molecular formula is C9H14F3N3O2. The molecule has 1 fully saturated rings. The van der Waals surface area contributed by atoms with Gasteiger partial charge in [0.15, 0.2) is 0 Å². The van der Waals surface area contributed by atoms with Crippen LogP contribution in [0.2, 0.25) is 0 Å². The van der Waals surface area contributed by atoms with E-state index in [9.17, 15) is 18.0 Å². The number of rotatable bonds is 1. The SMILES string of the molecule is CC1CN(C(=O)NCC(F)(F)F)CCC1=NO. The molecule has 0 radical (unpaired) electrons. The van der Waals surface area contributed by atoms with Gasteiger partial charge in [0.05, 0.1) is 5.71 Å². The predicted molar refractivity (Wildman–Crippen MR) is 54.0 cm³/mol. The number of hydrogen-bond acceptors (Lipinski definition) is 3. The number of likely N-dealkylation sites (tertiary alicyclic amines) is 1. The van der Waals surface area contributed by atoms with Crippen molar-refractivity contribution in [3.63, 3.8) is 0 Å². The number of halogens is 3. The van der Waals surface area contributed by atoms with Gasteiger partial charge in [-0.3, -0.25) is 0 Å². The Morgan fingerprint density at radius 2 is 2.29 bits per heavy atom. The van der Waals surface area contributed by atoms with Gasteiger partial charge in [-0.25, -0.2) is 4.79 Å². The smallest absolute Gasteiger partial charge is 0.405 e. The van der Waals surface area contributed by atoms with E-state index >= 15 is 0 Å². The molecule has 1 aliphatic heterocycles. The number of amides is 2. The van der Waals surface area contributed by atoms with Crippen molar-refractivity contribution >= 4 is 11.7 Å². The van der Waals surface area contributed by atoms with Crippen LogP contribution >= 0.6 is 0 Å². The minimum Gasteiger partial charge on any atom is -0.411 e. The zero-order valence-electron chi connectivity index (χ0n) is 9.29. The number of carbonyl (C=O) groups excluding carboxylic acids is 1. The molecule has 0 aromatic heterocycles. The lowest BCUT2D eigenvalue weighted by molar-refractivity contribution is -0.123. The number of oxime groups is 1. The third-order valence-electron chi connectivity index (χ3n) is 2.56. The third kappa shape index (κ3) is 4.12. The van der Waals surface area contributed by atoms with Gasteiger partial charge in [-0.2, -0.15) is 13.2 Å². The average molecular weight is 253 g/mol. The summed E-state index contributed by atoms with van der Waals surface area (Å²) in [6, 6.07) is -0.744. The molecule has 1 heterocycles. The summed E-state index contributed by atoms with van der Waals surface area (Å²) < 4.78 is 35.7. The van der Waals surface area contributed by atoms with E-state index in [1.54, 1.807) is 12.2 Å². The Morgan fingerprint density at radius 3 is 2.76 bits per heavy atom. The Balaban J connectivity index is 2.45. The number of piperidine rings is 1. The van der Waals surface area contributed by atoms with Crippen molar-refractivity contribution in [1.82, 2.24) is 10.2 Å². The van der Waals surface area contributed by atoms with Gasteiger partial charge in [-0.05, 0) is 0 Å². The molecule has 2 N–H and O–H groups in total. The Labute approximate surface area is 96.3 Å². The fraction of sp³-hybridized carbons (Fsp3) is 0.778. The first-order chi connectivity index (χ1) is 7.83. The summed E-state index contributed by atoms with van der Waals surface area (Å²) in [6.07, 6.45) is -4.04. The highest BCUT2D eigenvalue weighted by atomic mass is 19.4. The van der Waals surface area contributed by atoms with Crippen LogP contribution < -0.4 is 5.32 Å². The van der Waals surface area contributed by atoms with Crippen LogP contribution in [-0.2, 0) is 0 Å². The predicted octanol–water partition coefficient (Wildman–Crippen LogP) is 1.43. The molecule has 0 bridgehead atoms. The standard InChI is InChI=1S/C9H14F3N3O2/c1-6-4-15(3-2-7(6)14-17)8(16)13-5-9(10,11)12/h6,17H,2-5H2,1H3,(H,13,16). The molecule has 0 aliphatic carbocycles. The van der Waals surface area contributed by atoms with Crippen LogP contribution in [0.4, 0.5) is 18.0 Å². The zero-order valence-corrected chi connectivity index (χ0v) is 9.29. The second-order valence-electron chi connectivity index (χ2n) is 3.96. The van der Waals surface area contributed by atoms with E-state index in [2.05, 4.69) is 5.16 Å². The van der Waals surface area contributed by atoms with Gasteiger partial charge in [-0.15, -0.1) is 0 Å². The van der Waals surface area contributed by atoms with Crippen LogP contribution in [0.5, 0.6) is 0 Å². The molecule has 5 nitrogen and oxygen atoms in total. The Bertz CT molecular complexity index is 317. The summed E-state index contributed by atoms with van der Waals surface area (Å²) in [4.78, 5) is 12.7. The lowest BCUT2D eigenvalue weighted by Crippen LogP contribution is -2.49. The largest absolute Gasteiger partial charge is 0.411 e. The molecule has 8 heteroatoms. The summed E-state index contributed by atoms with van der Waals surface area (Å²) in [7, 11) is 0. The summed E-state index contributed by atoms with van der Waals surface area (Å²) in [5, 5.41) is 13.5. The van der Waals surface area contributed by atoms with Crippen LogP contribution in [0.1, 0.15) is 13.3 Å². The monoisotopic (exact) mass is 253 g/mol. The number of carbonyl (C=O) groups is 1. The molecule has 1 saturated heterocycles. The molecule has 17 heavy (non-hydrogen) atoms. The molecule has 0 aromatic rings. The van der Waals surface area contributed by atoms with Crippen molar-refractivity contribution in [3.05, 3.63) is 0 Å². The number of hydrogen-bond donors (Lipinski definition) is 2. The van der Waals surface area contributed by atoms with Crippen molar-refractivity contribution in [2.24, 2.45) is 11.1 Å². The normalized spacial score (nSPS) is 23.9. The molecule has 0 saturated carbocycles. The highest BCUT2D eigenvalue weighted by molar-refractivity contribution is 5.88. The lowest BCUT2D eigenvalue weighted by Gasteiger charge is -2.31. The fourth-order valence-corrected chi connectivity index (χ4v) is 1.64. The average Bonchev–Trinajstić information content (AvgIpc) is 2.24. The Kier molecular flexibility index (Phi) is 4.19. The van der Waals surface area contributed by atoms with E-state index in [-0.39, 0.29) is 19.0 Å². The summed E-state index contributed by atoms with van der Waals surface area (Å²) in [5.74, 6) is -0.148. The van der Waals surface area contributed by atoms with E-state index in [0.717, 1.165) is 0 Å². The van der Waals surface area contributed by atoms with Crippen molar-refractivity contribution in [2.75, 3.05) is 19.6 Å². The molecule has 98 valence electrons. The molecule has 1 aliphatic rings. The maximum Gasteiger partial charge on any atom is 0.405 e. The van der Waals surface area contributed by atoms with Crippen LogP contribution in [0.15, 0.2) is 5.16 Å². The number of urea groups is 1. The molecule has 1 unspecified atom stereocenters.